The van der Waals surface area contributed by atoms with Crippen LogP contribution in [0.5, 0.6) is 5.75 Å². The second-order valence-electron chi connectivity index (χ2n) is 7.70. The topological polar surface area (TPSA) is 51.2 Å². The summed E-state index contributed by atoms with van der Waals surface area (Å²) in [4.78, 5) is 17.5. The molecule has 26 heavy (non-hydrogen) atoms. The second-order valence-corrected chi connectivity index (χ2v) is 8.73. The number of nitrogens with one attached hydrogen (secondary N) is 1. The maximum absolute atomic E-state index is 14.9. The fourth-order valence-corrected chi connectivity index (χ4v) is 4.08. The number of hydrogen-bond acceptors (Lipinski definition) is 4. The number of anilines is 1. The molecule has 0 saturated carbocycles. The van der Waals surface area contributed by atoms with Crippen LogP contribution in [-0.4, -0.2) is 18.0 Å². The molecule has 1 aliphatic carbocycles. The summed E-state index contributed by atoms with van der Waals surface area (Å²) in [7, 11) is 1.43. The number of aromatic nitrogens is 1. The van der Waals surface area contributed by atoms with Gasteiger partial charge in [-0.25, -0.2) is 9.37 Å². The standard InChI is InChI=1S/C20H25FN2O2S/c1-20(2,3)19-22-11-15(26-19)18(24)23-14-10-12-8-6-5-7-9-13(12)16(21)17(14)25-4/h10-11H,5-9H2,1-4H3,(H,23,24). The summed E-state index contributed by atoms with van der Waals surface area (Å²) < 4.78 is 20.2. The van der Waals surface area contributed by atoms with Gasteiger partial charge in [-0.3, -0.25) is 4.79 Å². The van der Waals surface area contributed by atoms with Gasteiger partial charge >= 0.3 is 0 Å². The van der Waals surface area contributed by atoms with Crippen LogP contribution >= 0.6 is 11.3 Å². The van der Waals surface area contributed by atoms with E-state index in [-0.39, 0.29) is 22.9 Å². The van der Waals surface area contributed by atoms with E-state index in [2.05, 4.69) is 31.1 Å². The van der Waals surface area contributed by atoms with Gasteiger partial charge in [0.05, 0.1) is 24.0 Å². The Bertz CT molecular complexity index is 824. The molecule has 0 radical (unpaired) electrons. The predicted molar refractivity (Wildman–Crippen MR) is 103 cm³/mol. The smallest absolute Gasteiger partial charge is 0.267 e. The van der Waals surface area contributed by atoms with Crippen LogP contribution in [0.4, 0.5) is 10.1 Å². The molecule has 4 nitrogen and oxygen atoms in total. The molecule has 0 atom stereocenters. The minimum atomic E-state index is -0.345. The Labute approximate surface area is 157 Å². The molecule has 0 fully saturated rings. The van der Waals surface area contributed by atoms with E-state index >= 15 is 0 Å². The maximum Gasteiger partial charge on any atom is 0.267 e. The van der Waals surface area contributed by atoms with Crippen LogP contribution in [0, 0.1) is 5.82 Å². The van der Waals surface area contributed by atoms with E-state index in [1.165, 1.54) is 18.4 Å². The van der Waals surface area contributed by atoms with Gasteiger partial charge in [0.15, 0.2) is 11.6 Å². The molecule has 3 rings (SSSR count). The average Bonchev–Trinajstić information content (AvgIpc) is 2.96. The molecule has 1 heterocycles. The number of hydrogen-bond donors (Lipinski definition) is 1. The van der Waals surface area contributed by atoms with Crippen molar-refractivity contribution in [3.05, 3.63) is 39.1 Å². The number of nitrogens with zero attached hydrogens (tertiary/aromatic N) is 1. The van der Waals surface area contributed by atoms with Gasteiger partial charge in [0.1, 0.15) is 4.88 Å². The van der Waals surface area contributed by atoms with Gasteiger partial charge in [-0.05, 0) is 42.9 Å². The summed E-state index contributed by atoms with van der Waals surface area (Å²) in [5.74, 6) is -0.522. The summed E-state index contributed by atoms with van der Waals surface area (Å²) in [6.07, 6.45) is 6.23. The fourth-order valence-electron chi connectivity index (χ4n) is 3.21. The Kier molecular flexibility index (Phi) is 5.32. The number of methoxy groups -OCH3 is 1. The average molecular weight is 376 g/mol. The zero-order valence-electron chi connectivity index (χ0n) is 15.7. The van der Waals surface area contributed by atoms with Gasteiger partial charge in [0, 0.05) is 5.41 Å². The van der Waals surface area contributed by atoms with E-state index in [1.54, 1.807) is 6.20 Å². The number of rotatable bonds is 3. The highest BCUT2D eigenvalue weighted by atomic mass is 32.1. The molecular weight excluding hydrogens is 351 g/mol. The third kappa shape index (κ3) is 3.75. The summed E-state index contributed by atoms with van der Waals surface area (Å²) >= 11 is 1.36. The van der Waals surface area contributed by atoms with Crippen molar-refractivity contribution < 1.29 is 13.9 Å². The van der Waals surface area contributed by atoms with Crippen molar-refractivity contribution >= 4 is 22.9 Å². The van der Waals surface area contributed by atoms with E-state index in [0.717, 1.165) is 48.2 Å². The molecule has 0 saturated heterocycles. The number of benzene rings is 1. The maximum atomic E-state index is 14.9. The Balaban J connectivity index is 1.91. The summed E-state index contributed by atoms with van der Waals surface area (Å²) in [5, 5.41) is 3.71. The van der Waals surface area contributed by atoms with Gasteiger partial charge in [-0.2, -0.15) is 0 Å². The second kappa shape index (κ2) is 7.35. The van der Waals surface area contributed by atoms with Crippen LogP contribution in [-0.2, 0) is 18.3 Å². The van der Waals surface area contributed by atoms with Gasteiger partial charge < -0.3 is 10.1 Å². The minimum absolute atomic E-state index is 0.111. The van der Waals surface area contributed by atoms with Gasteiger partial charge in [-0.15, -0.1) is 11.3 Å². The van der Waals surface area contributed by atoms with Crippen molar-refractivity contribution in [2.45, 2.75) is 58.3 Å². The molecule has 1 N–H and O–H groups in total. The van der Waals surface area contributed by atoms with Crippen LogP contribution in [0.25, 0.3) is 0 Å². The first-order valence-corrected chi connectivity index (χ1v) is 9.79. The van der Waals surface area contributed by atoms with E-state index in [9.17, 15) is 9.18 Å². The van der Waals surface area contributed by atoms with E-state index in [0.29, 0.717) is 10.6 Å². The number of aryl methyl sites for hydroxylation is 1. The molecule has 1 aromatic heterocycles. The molecule has 1 aliphatic rings. The number of fused-ring (bicyclic) bond motifs is 1. The van der Waals surface area contributed by atoms with Crippen molar-refractivity contribution in [2.24, 2.45) is 0 Å². The lowest BCUT2D eigenvalue weighted by Gasteiger charge is -2.16. The first kappa shape index (κ1) is 18.8. The molecular formula is C20H25FN2O2S. The number of amides is 1. The van der Waals surface area contributed by atoms with Crippen LogP contribution in [0.1, 0.15) is 65.8 Å². The highest BCUT2D eigenvalue weighted by Gasteiger charge is 2.24. The molecule has 1 amide bonds. The molecule has 0 aliphatic heterocycles. The van der Waals surface area contributed by atoms with Gasteiger partial charge in [0.2, 0.25) is 0 Å². The normalized spacial score (nSPS) is 14.5. The third-order valence-electron chi connectivity index (χ3n) is 4.61. The quantitative estimate of drug-likeness (QED) is 0.758. The van der Waals surface area contributed by atoms with E-state index in [1.807, 2.05) is 6.07 Å². The Morgan fingerprint density at radius 2 is 2.00 bits per heavy atom. The molecule has 140 valence electrons. The largest absolute Gasteiger partial charge is 0.492 e. The van der Waals surface area contributed by atoms with Gasteiger partial charge in [0.25, 0.3) is 5.91 Å². The number of ether oxygens (including phenoxy) is 1. The number of carbonyl (C=O) groups is 1. The lowest BCUT2D eigenvalue weighted by Crippen LogP contribution is -2.13. The lowest BCUT2D eigenvalue weighted by atomic mass is 9.98. The lowest BCUT2D eigenvalue weighted by molar-refractivity contribution is 0.103. The van der Waals surface area contributed by atoms with Crippen molar-refractivity contribution in [3.63, 3.8) is 0 Å². The fraction of sp³-hybridized carbons (Fsp3) is 0.500. The van der Waals surface area contributed by atoms with Crippen LogP contribution in [0.15, 0.2) is 12.3 Å². The van der Waals surface area contributed by atoms with Crippen molar-refractivity contribution in [3.8, 4) is 5.75 Å². The molecule has 2 aromatic rings. The zero-order valence-corrected chi connectivity index (χ0v) is 16.6. The molecule has 0 bridgehead atoms. The molecule has 0 unspecified atom stereocenters. The van der Waals surface area contributed by atoms with Crippen LogP contribution < -0.4 is 10.1 Å². The highest BCUT2D eigenvalue weighted by Crippen LogP contribution is 2.36. The van der Waals surface area contributed by atoms with Crippen LogP contribution in [0.3, 0.4) is 0 Å². The van der Waals surface area contributed by atoms with Crippen molar-refractivity contribution in [1.82, 2.24) is 4.98 Å². The summed E-state index contributed by atoms with van der Waals surface area (Å²) in [5.41, 5.74) is 1.97. The van der Waals surface area contributed by atoms with E-state index < -0.39 is 0 Å². The minimum Gasteiger partial charge on any atom is -0.492 e. The Morgan fingerprint density at radius 1 is 1.27 bits per heavy atom. The van der Waals surface area contributed by atoms with Gasteiger partial charge in [-0.1, -0.05) is 27.2 Å². The molecule has 0 spiro atoms. The number of thiazole rings is 1. The first-order chi connectivity index (χ1) is 12.3. The molecule has 1 aromatic carbocycles. The highest BCUT2D eigenvalue weighted by molar-refractivity contribution is 7.13. The first-order valence-electron chi connectivity index (χ1n) is 8.97. The Hall–Kier alpha value is -1.95. The number of halogens is 1. The van der Waals surface area contributed by atoms with Crippen molar-refractivity contribution in [1.29, 1.82) is 0 Å². The van der Waals surface area contributed by atoms with Crippen molar-refractivity contribution in [2.75, 3.05) is 12.4 Å². The molecule has 6 heteroatoms. The third-order valence-corrected chi connectivity index (χ3v) is 6.03. The summed E-state index contributed by atoms with van der Waals surface area (Å²) in [6, 6.07) is 1.87. The Morgan fingerprint density at radius 3 is 2.65 bits per heavy atom. The SMILES string of the molecule is COc1c(NC(=O)c2cnc(C(C)(C)C)s2)cc2c(c1F)CCCCC2. The number of carbonyl (C=O) groups excluding carboxylic acids is 1. The summed E-state index contributed by atoms with van der Waals surface area (Å²) in [6.45, 7) is 6.16. The van der Waals surface area contributed by atoms with E-state index in [4.69, 9.17) is 4.74 Å². The van der Waals surface area contributed by atoms with Crippen LogP contribution in [0.2, 0.25) is 0 Å². The predicted octanol–water partition coefficient (Wildman–Crippen LogP) is 5.11. The monoisotopic (exact) mass is 376 g/mol. The zero-order chi connectivity index (χ0) is 18.9.